The molecule has 2 aromatic carbocycles. The van der Waals surface area contributed by atoms with Crippen molar-refractivity contribution >= 4 is 5.91 Å². The van der Waals surface area contributed by atoms with E-state index < -0.39 is 0 Å². The van der Waals surface area contributed by atoms with Gasteiger partial charge in [0.2, 0.25) is 0 Å². The summed E-state index contributed by atoms with van der Waals surface area (Å²) in [5.41, 5.74) is 7.35. The van der Waals surface area contributed by atoms with Crippen LogP contribution in [0.1, 0.15) is 48.5 Å². The van der Waals surface area contributed by atoms with Crippen molar-refractivity contribution in [2.75, 3.05) is 19.6 Å². The highest BCUT2D eigenvalue weighted by molar-refractivity contribution is 5.96. The number of rotatable bonds is 11. The van der Waals surface area contributed by atoms with Crippen molar-refractivity contribution in [3.05, 3.63) is 65.7 Å². The molecule has 0 heterocycles. The number of hydrogen-bond donors (Lipinski definition) is 1. The van der Waals surface area contributed by atoms with Crippen LogP contribution in [0.3, 0.4) is 0 Å². The molecule has 0 aliphatic rings. The molecular weight excluding hydrogens is 324 g/mol. The molecule has 0 saturated heterocycles. The maximum Gasteiger partial charge on any atom is 0.257 e. The van der Waals surface area contributed by atoms with E-state index in [2.05, 4.69) is 6.92 Å². The first kappa shape index (κ1) is 20.0. The van der Waals surface area contributed by atoms with Crippen molar-refractivity contribution in [3.63, 3.8) is 0 Å². The van der Waals surface area contributed by atoms with E-state index >= 15 is 0 Å². The average molecular weight is 354 g/mol. The first-order valence-electron chi connectivity index (χ1n) is 9.51. The number of benzene rings is 2. The fraction of sp³-hybridized carbons (Fsp3) is 0.409. The lowest BCUT2D eigenvalue weighted by molar-refractivity contribution is 0.0747. The predicted octanol–water partition coefficient (Wildman–Crippen LogP) is 4.25. The molecule has 4 heteroatoms. The van der Waals surface area contributed by atoms with Crippen LogP contribution >= 0.6 is 0 Å². The zero-order valence-electron chi connectivity index (χ0n) is 15.7. The van der Waals surface area contributed by atoms with Gasteiger partial charge in [-0.2, -0.15) is 0 Å². The van der Waals surface area contributed by atoms with Gasteiger partial charge in [0.15, 0.2) is 0 Å². The van der Waals surface area contributed by atoms with E-state index in [9.17, 15) is 4.79 Å². The second-order valence-electron chi connectivity index (χ2n) is 6.41. The van der Waals surface area contributed by atoms with Crippen LogP contribution in [0.15, 0.2) is 54.6 Å². The zero-order valence-corrected chi connectivity index (χ0v) is 15.7. The lowest BCUT2D eigenvalue weighted by Gasteiger charge is -2.23. The summed E-state index contributed by atoms with van der Waals surface area (Å²) in [5, 5.41) is 0. The predicted molar refractivity (Wildman–Crippen MR) is 106 cm³/mol. The molecular formula is C22H30N2O2. The van der Waals surface area contributed by atoms with Gasteiger partial charge in [-0.05, 0) is 37.1 Å². The van der Waals surface area contributed by atoms with Gasteiger partial charge in [-0.1, -0.05) is 62.2 Å². The van der Waals surface area contributed by atoms with E-state index in [0.717, 1.165) is 37.8 Å². The number of unbranched alkanes of at least 4 members (excludes halogenated alkanes) is 2. The molecule has 0 aliphatic heterocycles. The normalized spacial score (nSPS) is 10.5. The lowest BCUT2D eigenvalue weighted by Crippen LogP contribution is -2.34. The summed E-state index contributed by atoms with van der Waals surface area (Å²) in [6, 6.07) is 17.5. The third kappa shape index (κ3) is 6.19. The van der Waals surface area contributed by atoms with Crippen LogP contribution in [0.5, 0.6) is 5.75 Å². The highest BCUT2D eigenvalue weighted by Gasteiger charge is 2.19. The van der Waals surface area contributed by atoms with Crippen LogP contribution in [-0.2, 0) is 6.61 Å². The Morgan fingerprint density at radius 3 is 2.38 bits per heavy atom. The standard InChI is InChI=1S/C22H30N2O2/c1-2-3-9-16-24(17-10-15-23)22(25)20-13-7-8-14-21(20)26-18-19-11-5-4-6-12-19/h4-8,11-14H,2-3,9-10,15-18,23H2,1H3. The van der Waals surface area contributed by atoms with Gasteiger partial charge in [0, 0.05) is 13.1 Å². The van der Waals surface area contributed by atoms with Crippen LogP contribution in [0.4, 0.5) is 0 Å². The average Bonchev–Trinajstić information content (AvgIpc) is 2.69. The van der Waals surface area contributed by atoms with Crippen molar-refractivity contribution in [1.82, 2.24) is 4.90 Å². The summed E-state index contributed by atoms with van der Waals surface area (Å²) < 4.78 is 5.95. The van der Waals surface area contributed by atoms with E-state index in [-0.39, 0.29) is 5.91 Å². The van der Waals surface area contributed by atoms with E-state index in [0.29, 0.717) is 31.0 Å². The van der Waals surface area contributed by atoms with Crippen LogP contribution < -0.4 is 10.5 Å². The second kappa shape index (κ2) is 11.3. The Bertz CT molecular complexity index is 658. The molecule has 2 rings (SSSR count). The third-order valence-electron chi connectivity index (χ3n) is 4.31. The summed E-state index contributed by atoms with van der Waals surface area (Å²) in [4.78, 5) is 15.0. The molecule has 26 heavy (non-hydrogen) atoms. The summed E-state index contributed by atoms with van der Waals surface area (Å²) in [6.45, 7) is 4.65. The Kier molecular flexibility index (Phi) is 8.70. The maximum absolute atomic E-state index is 13.1. The molecule has 140 valence electrons. The minimum absolute atomic E-state index is 0.0261. The van der Waals surface area contributed by atoms with Gasteiger partial charge in [0.1, 0.15) is 12.4 Å². The highest BCUT2D eigenvalue weighted by Crippen LogP contribution is 2.22. The minimum Gasteiger partial charge on any atom is -0.488 e. The minimum atomic E-state index is 0.0261. The van der Waals surface area contributed by atoms with Crippen molar-refractivity contribution in [2.45, 2.75) is 39.2 Å². The Labute approximate surface area is 157 Å². The van der Waals surface area contributed by atoms with Gasteiger partial charge in [0.05, 0.1) is 5.56 Å². The molecule has 2 aromatic rings. The molecule has 0 spiro atoms. The number of ether oxygens (including phenoxy) is 1. The van der Waals surface area contributed by atoms with Gasteiger partial charge < -0.3 is 15.4 Å². The third-order valence-corrected chi connectivity index (χ3v) is 4.31. The Hall–Kier alpha value is -2.33. The number of para-hydroxylation sites is 1. The number of nitrogens with zero attached hydrogens (tertiary/aromatic N) is 1. The molecule has 0 bridgehead atoms. The molecule has 0 unspecified atom stereocenters. The largest absolute Gasteiger partial charge is 0.488 e. The van der Waals surface area contributed by atoms with Crippen molar-refractivity contribution < 1.29 is 9.53 Å². The summed E-state index contributed by atoms with van der Waals surface area (Å²) >= 11 is 0. The Morgan fingerprint density at radius 2 is 1.65 bits per heavy atom. The molecule has 0 fully saturated rings. The molecule has 0 radical (unpaired) electrons. The van der Waals surface area contributed by atoms with Crippen LogP contribution in [0.25, 0.3) is 0 Å². The lowest BCUT2D eigenvalue weighted by atomic mass is 10.1. The van der Waals surface area contributed by atoms with Crippen LogP contribution in [0.2, 0.25) is 0 Å². The molecule has 0 saturated carbocycles. The van der Waals surface area contributed by atoms with Gasteiger partial charge >= 0.3 is 0 Å². The molecule has 4 nitrogen and oxygen atoms in total. The van der Waals surface area contributed by atoms with E-state index in [1.165, 1.54) is 0 Å². The highest BCUT2D eigenvalue weighted by atomic mass is 16.5. The topological polar surface area (TPSA) is 55.6 Å². The molecule has 1 amide bonds. The van der Waals surface area contributed by atoms with Crippen molar-refractivity contribution in [1.29, 1.82) is 0 Å². The van der Waals surface area contributed by atoms with E-state index in [1.807, 2.05) is 59.5 Å². The SMILES string of the molecule is CCCCCN(CCCN)C(=O)c1ccccc1OCc1ccccc1. The monoisotopic (exact) mass is 354 g/mol. The molecule has 0 aromatic heterocycles. The Morgan fingerprint density at radius 1 is 0.962 bits per heavy atom. The number of hydrogen-bond acceptors (Lipinski definition) is 3. The van der Waals surface area contributed by atoms with Gasteiger partial charge in [-0.3, -0.25) is 4.79 Å². The first-order chi connectivity index (χ1) is 12.8. The number of carbonyl (C=O) groups excluding carboxylic acids is 1. The molecule has 0 aliphatic carbocycles. The van der Waals surface area contributed by atoms with Gasteiger partial charge in [-0.15, -0.1) is 0 Å². The first-order valence-corrected chi connectivity index (χ1v) is 9.51. The number of nitrogens with two attached hydrogens (primary N) is 1. The second-order valence-corrected chi connectivity index (χ2v) is 6.41. The summed E-state index contributed by atoms with van der Waals surface area (Å²) in [7, 11) is 0. The van der Waals surface area contributed by atoms with Crippen molar-refractivity contribution in [2.24, 2.45) is 5.73 Å². The number of carbonyl (C=O) groups is 1. The van der Waals surface area contributed by atoms with Gasteiger partial charge in [-0.25, -0.2) is 0 Å². The van der Waals surface area contributed by atoms with Gasteiger partial charge in [0.25, 0.3) is 5.91 Å². The summed E-state index contributed by atoms with van der Waals surface area (Å²) in [5.74, 6) is 0.660. The maximum atomic E-state index is 13.1. The summed E-state index contributed by atoms with van der Waals surface area (Å²) in [6.07, 6.45) is 4.08. The van der Waals surface area contributed by atoms with Crippen LogP contribution in [0, 0.1) is 0 Å². The molecule has 0 atom stereocenters. The number of amides is 1. The molecule has 2 N–H and O–H groups in total. The smallest absolute Gasteiger partial charge is 0.257 e. The van der Waals surface area contributed by atoms with Crippen LogP contribution in [-0.4, -0.2) is 30.4 Å². The van der Waals surface area contributed by atoms with E-state index in [1.54, 1.807) is 0 Å². The Balaban J connectivity index is 2.09. The van der Waals surface area contributed by atoms with Crippen molar-refractivity contribution in [3.8, 4) is 5.75 Å². The fourth-order valence-corrected chi connectivity index (χ4v) is 2.82. The van der Waals surface area contributed by atoms with E-state index in [4.69, 9.17) is 10.5 Å². The zero-order chi connectivity index (χ0) is 18.6. The fourth-order valence-electron chi connectivity index (χ4n) is 2.82. The quantitative estimate of drug-likeness (QED) is 0.614.